The maximum atomic E-state index is 14.2. The summed E-state index contributed by atoms with van der Waals surface area (Å²) in [6, 6.07) is 5.72. The van der Waals surface area contributed by atoms with Crippen LogP contribution in [0, 0.1) is 17.8 Å². The molecule has 9 rings (SSSR count). The van der Waals surface area contributed by atoms with Crippen LogP contribution in [0.3, 0.4) is 0 Å². The van der Waals surface area contributed by atoms with E-state index in [2.05, 4.69) is 16.0 Å². The van der Waals surface area contributed by atoms with Crippen molar-refractivity contribution < 1.29 is 58.5 Å². The summed E-state index contributed by atoms with van der Waals surface area (Å²) in [5.74, 6) is -2.35. The number of carbonyl (C=O) groups is 3. The Morgan fingerprint density at radius 1 is 1.12 bits per heavy atom. The third-order valence-corrected chi connectivity index (χ3v) is 14.7. The van der Waals surface area contributed by atoms with Crippen LogP contribution in [0.5, 0.6) is 17.2 Å². The molecule has 4 heterocycles. The number of aldehydes is 1. The first kappa shape index (κ1) is 44.5. The lowest BCUT2D eigenvalue weighted by Crippen LogP contribution is -2.58. The molecule has 0 spiro atoms. The van der Waals surface area contributed by atoms with Gasteiger partial charge < -0.3 is 49.0 Å². The van der Waals surface area contributed by atoms with Gasteiger partial charge in [0.25, 0.3) is 0 Å². The van der Waals surface area contributed by atoms with Crippen LogP contribution >= 0.6 is 0 Å². The minimum Gasteiger partial charge on any atom is -0.489 e. The molecule has 7 aliphatic rings. The number of likely N-dealkylation sites (tertiary alicyclic amines) is 1. The number of aliphatic hydroxyl groups is 4. The molecule has 0 aromatic heterocycles. The number of nitrogens with zero attached hydrogens (tertiary/aromatic N) is 2. The van der Waals surface area contributed by atoms with Crippen LogP contribution in [0.2, 0.25) is 0 Å². The molecule has 2 aromatic carbocycles. The summed E-state index contributed by atoms with van der Waals surface area (Å²) in [7, 11) is 1.71. The number of ketones is 1. The molecule has 0 amide bonds. The Labute approximate surface area is 372 Å². The van der Waals surface area contributed by atoms with Gasteiger partial charge in [0.2, 0.25) is 5.76 Å². The van der Waals surface area contributed by atoms with Crippen LogP contribution in [0.1, 0.15) is 92.9 Å². The number of fused-ring (bicyclic) bond motifs is 4. The molecule has 2 aromatic rings. The van der Waals surface area contributed by atoms with E-state index in [9.17, 15) is 34.8 Å². The molecule has 3 aliphatic carbocycles. The highest BCUT2D eigenvalue weighted by Gasteiger charge is 2.54. The number of carbonyl (C=O) groups excluding carboxylic acids is 3. The Balaban J connectivity index is 1.21. The van der Waals surface area contributed by atoms with Crippen molar-refractivity contribution in [2.45, 2.75) is 108 Å². The molecule has 1 saturated heterocycles. The molecule has 8 atom stereocenters. The fourth-order valence-corrected chi connectivity index (χ4v) is 11.6. The molecule has 4 aliphatic heterocycles. The van der Waals surface area contributed by atoms with Crippen LogP contribution in [0.4, 0.5) is 0 Å². The molecule has 342 valence electrons. The van der Waals surface area contributed by atoms with Crippen molar-refractivity contribution in [2.24, 2.45) is 22.7 Å². The highest BCUT2D eigenvalue weighted by Crippen LogP contribution is 2.58. The Kier molecular flexibility index (Phi) is 13.0. The number of benzene rings is 2. The van der Waals surface area contributed by atoms with E-state index in [-0.39, 0.29) is 71.9 Å². The Morgan fingerprint density at radius 3 is 2.75 bits per heavy atom. The van der Waals surface area contributed by atoms with Gasteiger partial charge in [-0.05, 0) is 93.7 Å². The van der Waals surface area contributed by atoms with Crippen molar-refractivity contribution in [1.82, 2.24) is 4.90 Å². The van der Waals surface area contributed by atoms with E-state index in [0.717, 1.165) is 48.6 Å². The van der Waals surface area contributed by atoms with E-state index >= 15 is 0 Å². The topological polar surface area (TPSA) is 194 Å². The number of ether oxygens (including phenoxy) is 5. The van der Waals surface area contributed by atoms with Gasteiger partial charge in [-0.3, -0.25) is 14.6 Å². The van der Waals surface area contributed by atoms with Crippen molar-refractivity contribution in [2.75, 3.05) is 53.1 Å². The summed E-state index contributed by atoms with van der Waals surface area (Å²) in [6.07, 6.45) is 9.75. The number of rotatable bonds is 13. The second-order valence-corrected chi connectivity index (χ2v) is 18.4. The fraction of sp³-hybridized carbons (Fsp3) is 0.560. The summed E-state index contributed by atoms with van der Waals surface area (Å²) < 4.78 is 31.2. The van der Waals surface area contributed by atoms with E-state index in [1.54, 1.807) is 14.0 Å². The Hall–Kier alpha value is -4.70. The van der Waals surface area contributed by atoms with Crippen LogP contribution < -0.4 is 24.8 Å². The third-order valence-electron chi connectivity index (χ3n) is 14.7. The number of hydrogen-bond donors (Lipinski definition) is 4. The zero-order chi connectivity index (χ0) is 44.7. The minimum absolute atomic E-state index is 0.0122. The molecule has 14 heteroatoms. The van der Waals surface area contributed by atoms with Gasteiger partial charge in [0.1, 0.15) is 40.8 Å². The van der Waals surface area contributed by atoms with Gasteiger partial charge >= 0.3 is 5.97 Å². The van der Waals surface area contributed by atoms with Crippen molar-refractivity contribution in [1.29, 1.82) is 0 Å². The lowest BCUT2D eigenvalue weighted by atomic mass is 9.66. The normalized spacial score (nSPS) is 30.8. The molecule has 0 radical (unpaired) electrons. The molecular weight excluding hydrogens is 821 g/mol. The zero-order valence-corrected chi connectivity index (χ0v) is 36.8. The van der Waals surface area contributed by atoms with Crippen molar-refractivity contribution in [3.63, 3.8) is 0 Å². The molecule has 3 fully saturated rings. The monoisotopic (exact) mass is 880 g/mol. The summed E-state index contributed by atoms with van der Waals surface area (Å²) >= 11 is 0. The van der Waals surface area contributed by atoms with Gasteiger partial charge in [-0.25, -0.2) is 4.79 Å². The van der Waals surface area contributed by atoms with Crippen LogP contribution in [-0.2, 0) is 36.9 Å². The summed E-state index contributed by atoms with van der Waals surface area (Å²) in [6.45, 7) is 4.32. The second-order valence-electron chi connectivity index (χ2n) is 18.4. The number of methoxy groups -OCH3 is 1. The SMILES string of the molecule is CCOC(=O)C1=C(C=O)/C(=C2\C[C@H](CO)C(=O)[C@H](c3ccc4c(c3)=CCN=4)C2)c2c(c(CO)c3c(c2O[C@@H]2CCC[C@@H](O)C2)C[C@@H]([C@@]2(O)CC=C[C@@H]4CN(CCCOC)CC[C@H]42)O3)O1. The van der Waals surface area contributed by atoms with Gasteiger partial charge in [0, 0.05) is 68.5 Å². The number of esters is 1. The number of allylic oxidation sites excluding steroid dienone is 3. The van der Waals surface area contributed by atoms with Gasteiger partial charge in [0.05, 0.1) is 54.5 Å². The first-order valence-corrected chi connectivity index (χ1v) is 23.1. The first-order chi connectivity index (χ1) is 31.1. The predicted octanol–water partition coefficient (Wildman–Crippen LogP) is 3.16. The van der Waals surface area contributed by atoms with E-state index in [0.29, 0.717) is 79.6 Å². The van der Waals surface area contributed by atoms with E-state index in [4.69, 9.17) is 23.7 Å². The van der Waals surface area contributed by atoms with E-state index in [1.807, 2.05) is 30.4 Å². The fourth-order valence-electron chi connectivity index (χ4n) is 11.6. The van der Waals surface area contributed by atoms with Gasteiger partial charge in [-0.2, -0.15) is 0 Å². The molecule has 2 saturated carbocycles. The maximum Gasteiger partial charge on any atom is 0.375 e. The van der Waals surface area contributed by atoms with Crippen molar-refractivity contribution in [3.05, 3.63) is 80.1 Å². The maximum absolute atomic E-state index is 14.2. The van der Waals surface area contributed by atoms with Crippen molar-refractivity contribution >= 4 is 29.7 Å². The smallest absolute Gasteiger partial charge is 0.375 e. The number of Topliss-reactive ketones (excluding diaryl/α,β-unsaturated/α-hetero) is 1. The van der Waals surface area contributed by atoms with E-state index < -0.39 is 54.9 Å². The quantitative estimate of drug-likeness (QED) is 0.0994. The van der Waals surface area contributed by atoms with Crippen LogP contribution in [-0.4, -0.2) is 120 Å². The number of aliphatic hydroxyl groups excluding tert-OH is 3. The first-order valence-electron chi connectivity index (χ1n) is 23.1. The molecular formula is C50H60N2O12. The molecule has 64 heavy (non-hydrogen) atoms. The van der Waals surface area contributed by atoms with Gasteiger partial charge in [-0.15, -0.1) is 0 Å². The average molecular weight is 881 g/mol. The minimum atomic E-state index is -1.29. The summed E-state index contributed by atoms with van der Waals surface area (Å²) in [5.41, 5.74) is 1.39. The van der Waals surface area contributed by atoms with Crippen LogP contribution in [0.15, 0.2) is 52.2 Å². The Bertz CT molecular complexity index is 2410. The standard InChI is InChI=1S/C50H60N2O12/c1-3-61-49(58)48-37(26-54)42(31-20-32(25-53)44(57)35(21-31)28-10-11-40-29(19-28)12-15-51-40)43-46(62-34-9-4-8-33(56)22-34)36-23-41(63-45(36)38(27-55)47(43)64-48)50(59)14-5-7-30-24-52(16-6-18-60-2)17-13-39(30)50/h5,7,10-12,19,26,30,32-35,39,41,53,55-56,59H,3-4,6,8-9,13-18,20-25,27H2,1-2H3/b42-31-/t30-,32-,33-,34-,35+,39-,41+,50-/m1/s1. The third kappa shape index (κ3) is 8.04. The van der Waals surface area contributed by atoms with Gasteiger partial charge in [0.15, 0.2) is 6.29 Å². The number of piperidine rings is 1. The lowest BCUT2D eigenvalue weighted by Gasteiger charge is -2.49. The predicted molar refractivity (Wildman–Crippen MR) is 234 cm³/mol. The van der Waals surface area contributed by atoms with Gasteiger partial charge in [-0.1, -0.05) is 29.9 Å². The Morgan fingerprint density at radius 2 is 1.98 bits per heavy atom. The van der Waals surface area contributed by atoms with E-state index in [1.165, 1.54) is 0 Å². The molecule has 4 N–H and O–H groups in total. The largest absolute Gasteiger partial charge is 0.489 e. The molecule has 14 nitrogen and oxygen atoms in total. The average Bonchev–Trinajstić information content (AvgIpc) is 3.97. The highest BCUT2D eigenvalue weighted by atomic mass is 16.6. The number of hydrogen-bond acceptors (Lipinski definition) is 14. The molecule has 0 unspecified atom stereocenters. The summed E-state index contributed by atoms with van der Waals surface area (Å²) in [4.78, 5) is 48.6. The van der Waals surface area contributed by atoms with Crippen molar-refractivity contribution in [3.8, 4) is 17.2 Å². The molecule has 0 bridgehead atoms. The second kappa shape index (κ2) is 18.7. The highest BCUT2D eigenvalue weighted by molar-refractivity contribution is 6.11. The summed E-state index contributed by atoms with van der Waals surface area (Å²) in [5, 5.41) is 47.7. The zero-order valence-electron chi connectivity index (χ0n) is 36.8. The lowest BCUT2D eigenvalue weighted by molar-refractivity contribution is -0.141. The van der Waals surface area contributed by atoms with Crippen LogP contribution in [0.25, 0.3) is 11.6 Å².